The van der Waals surface area contributed by atoms with Crippen LogP contribution in [-0.2, 0) is 32.3 Å². The summed E-state index contributed by atoms with van der Waals surface area (Å²) in [4.78, 5) is 67.0. The molecule has 12 heteroatoms. The number of benzene rings is 4. The van der Waals surface area contributed by atoms with E-state index in [1.165, 1.54) is 56.3 Å². The highest BCUT2D eigenvalue weighted by molar-refractivity contribution is 8.13. The molecule has 0 spiro atoms. The van der Waals surface area contributed by atoms with Gasteiger partial charge in [-0.3, -0.25) is 24.0 Å². The van der Waals surface area contributed by atoms with Crippen LogP contribution in [0.2, 0.25) is 0 Å². The average Bonchev–Trinajstić information content (AvgIpc) is 3.10. The topological polar surface area (TPSA) is 110 Å². The molecule has 4 aromatic carbocycles. The summed E-state index contributed by atoms with van der Waals surface area (Å²) < 4.78 is 45.0. The molecule has 4 rings (SSSR count). The summed E-state index contributed by atoms with van der Waals surface area (Å²) in [7, 11) is 3.06. The zero-order valence-electron chi connectivity index (χ0n) is 28.7. The number of thioether (sulfide) groups is 1. The smallest absolute Gasteiger partial charge is 0.416 e. The number of Topliss-reactive ketones (excluding diaryl/α,β-unsaturated/α-hetero) is 1. The number of rotatable bonds is 12. The molecule has 0 radical (unpaired) electrons. The normalized spacial score (nSPS) is 12.4. The Morgan fingerprint density at radius 3 is 2.06 bits per heavy atom. The van der Waals surface area contributed by atoms with Gasteiger partial charge in [-0.1, -0.05) is 79.3 Å². The van der Waals surface area contributed by atoms with Crippen molar-refractivity contribution >= 4 is 46.1 Å². The Bertz CT molecular complexity index is 1960. The largest absolute Gasteiger partial charge is 0.464 e. The second-order valence-corrected chi connectivity index (χ2v) is 13.4. The first-order valence-electron chi connectivity index (χ1n) is 15.9. The van der Waals surface area contributed by atoms with Gasteiger partial charge in [0.2, 0.25) is 5.12 Å². The fourth-order valence-electron chi connectivity index (χ4n) is 5.44. The van der Waals surface area contributed by atoms with Gasteiger partial charge in [0.15, 0.2) is 5.78 Å². The fourth-order valence-corrected chi connectivity index (χ4v) is 6.19. The van der Waals surface area contributed by atoms with Crippen LogP contribution in [-0.4, -0.2) is 60.0 Å². The SMILES string of the molecule is CCSC(=O)C(C)(COC(=O)Cc1ccc(NC(=O)c2ccccc2-c2ccc(C(F)(F)F)cc2)c(C(=O)N(C)C)c1)c1ccccc1C(C)=O. The summed E-state index contributed by atoms with van der Waals surface area (Å²) in [6.45, 7) is 4.54. The van der Waals surface area contributed by atoms with E-state index in [4.69, 9.17) is 4.74 Å². The summed E-state index contributed by atoms with van der Waals surface area (Å²) >= 11 is 1.06. The molecule has 0 aliphatic carbocycles. The molecule has 0 saturated carbocycles. The third-order valence-electron chi connectivity index (χ3n) is 8.16. The predicted octanol–water partition coefficient (Wildman–Crippen LogP) is 7.85. The van der Waals surface area contributed by atoms with E-state index >= 15 is 0 Å². The number of esters is 1. The maximum atomic E-state index is 13.6. The number of carbonyl (C=O) groups excluding carboxylic acids is 5. The second kappa shape index (κ2) is 16.2. The maximum absolute atomic E-state index is 13.6. The predicted molar refractivity (Wildman–Crippen MR) is 191 cm³/mol. The van der Waals surface area contributed by atoms with Crippen molar-refractivity contribution in [3.8, 4) is 11.1 Å². The molecule has 0 bridgehead atoms. The van der Waals surface area contributed by atoms with Gasteiger partial charge in [-0.15, -0.1) is 0 Å². The zero-order valence-corrected chi connectivity index (χ0v) is 29.5. The molecule has 2 amide bonds. The lowest BCUT2D eigenvalue weighted by Gasteiger charge is -2.29. The molecule has 1 unspecified atom stereocenters. The molecule has 51 heavy (non-hydrogen) atoms. The number of amides is 2. The summed E-state index contributed by atoms with van der Waals surface area (Å²) in [5, 5.41) is 2.48. The van der Waals surface area contributed by atoms with Crippen LogP contribution in [0, 0.1) is 0 Å². The van der Waals surface area contributed by atoms with Crippen molar-refractivity contribution in [3.63, 3.8) is 0 Å². The monoisotopic (exact) mass is 718 g/mol. The molecule has 0 fully saturated rings. The molecule has 0 aliphatic heterocycles. The van der Waals surface area contributed by atoms with E-state index in [1.54, 1.807) is 55.5 Å². The van der Waals surface area contributed by atoms with E-state index in [0.29, 0.717) is 33.6 Å². The first-order chi connectivity index (χ1) is 24.1. The number of nitrogens with zero attached hydrogens (tertiary/aromatic N) is 1. The molecule has 266 valence electrons. The van der Waals surface area contributed by atoms with Gasteiger partial charge in [-0.2, -0.15) is 13.2 Å². The van der Waals surface area contributed by atoms with Crippen molar-refractivity contribution < 1.29 is 41.9 Å². The van der Waals surface area contributed by atoms with Gasteiger partial charge in [0.25, 0.3) is 11.8 Å². The highest BCUT2D eigenvalue weighted by Gasteiger charge is 2.39. The van der Waals surface area contributed by atoms with Crippen molar-refractivity contribution in [2.75, 3.05) is 31.8 Å². The molecule has 1 N–H and O–H groups in total. The molecule has 8 nitrogen and oxygen atoms in total. The van der Waals surface area contributed by atoms with Crippen LogP contribution in [0.1, 0.15) is 68.5 Å². The van der Waals surface area contributed by atoms with Crippen LogP contribution in [0.15, 0.2) is 91.0 Å². The lowest BCUT2D eigenvalue weighted by atomic mass is 9.80. The van der Waals surface area contributed by atoms with Crippen molar-refractivity contribution in [2.45, 2.75) is 38.8 Å². The van der Waals surface area contributed by atoms with Gasteiger partial charge in [-0.25, -0.2) is 0 Å². The maximum Gasteiger partial charge on any atom is 0.416 e. The van der Waals surface area contributed by atoms with E-state index in [9.17, 15) is 37.1 Å². The minimum atomic E-state index is -4.51. The number of halogens is 3. The third kappa shape index (κ3) is 9.12. The fraction of sp³-hybridized carbons (Fsp3) is 0.256. The van der Waals surface area contributed by atoms with Crippen LogP contribution in [0.25, 0.3) is 11.1 Å². The van der Waals surface area contributed by atoms with Crippen LogP contribution < -0.4 is 5.32 Å². The second-order valence-electron chi connectivity index (χ2n) is 12.1. The quantitative estimate of drug-likeness (QED) is 0.117. The Hall–Kier alpha value is -5.23. The Morgan fingerprint density at radius 2 is 1.45 bits per heavy atom. The first-order valence-corrected chi connectivity index (χ1v) is 16.9. The molecule has 0 saturated heterocycles. The molecular formula is C39H37F3N2O6S. The zero-order chi connectivity index (χ0) is 37.5. The molecule has 0 aliphatic rings. The van der Waals surface area contributed by atoms with E-state index in [-0.39, 0.29) is 40.7 Å². The minimum Gasteiger partial charge on any atom is -0.464 e. The highest BCUT2D eigenvalue weighted by atomic mass is 32.2. The van der Waals surface area contributed by atoms with Crippen LogP contribution in [0.4, 0.5) is 18.9 Å². The van der Waals surface area contributed by atoms with E-state index in [0.717, 1.165) is 23.9 Å². The van der Waals surface area contributed by atoms with Crippen molar-refractivity contribution in [1.82, 2.24) is 4.90 Å². The summed E-state index contributed by atoms with van der Waals surface area (Å²) in [5.41, 5.74) is 0.249. The number of hydrogen-bond donors (Lipinski definition) is 1. The number of alkyl halides is 3. The number of hydrogen-bond acceptors (Lipinski definition) is 7. The van der Waals surface area contributed by atoms with Gasteiger partial charge < -0.3 is 15.0 Å². The number of ketones is 1. The molecule has 0 heterocycles. The molecule has 1 atom stereocenters. The van der Waals surface area contributed by atoms with E-state index < -0.39 is 34.9 Å². The molecule has 0 aromatic heterocycles. The summed E-state index contributed by atoms with van der Waals surface area (Å²) in [6.07, 6.45) is -4.78. The van der Waals surface area contributed by atoms with Gasteiger partial charge >= 0.3 is 12.1 Å². The van der Waals surface area contributed by atoms with Gasteiger partial charge in [0.1, 0.15) is 6.61 Å². The van der Waals surface area contributed by atoms with Crippen molar-refractivity contribution in [3.05, 3.63) is 124 Å². The Kier molecular flexibility index (Phi) is 12.2. The molecular weight excluding hydrogens is 681 g/mol. The van der Waals surface area contributed by atoms with Crippen LogP contribution in [0.5, 0.6) is 0 Å². The first kappa shape index (κ1) is 38.6. The average molecular weight is 719 g/mol. The van der Waals surface area contributed by atoms with Crippen LogP contribution in [0.3, 0.4) is 0 Å². The van der Waals surface area contributed by atoms with Crippen molar-refractivity contribution in [1.29, 1.82) is 0 Å². The highest BCUT2D eigenvalue weighted by Crippen LogP contribution is 2.34. The Balaban J connectivity index is 1.58. The van der Waals surface area contributed by atoms with Crippen LogP contribution >= 0.6 is 11.8 Å². The van der Waals surface area contributed by atoms with E-state index in [1.807, 2.05) is 6.92 Å². The third-order valence-corrected chi connectivity index (χ3v) is 9.16. The lowest BCUT2D eigenvalue weighted by molar-refractivity contribution is -0.145. The summed E-state index contributed by atoms with van der Waals surface area (Å²) in [6, 6.07) is 22.0. The Morgan fingerprint density at radius 1 is 0.824 bits per heavy atom. The number of anilines is 1. The number of carbonyl (C=O) groups is 5. The standard InChI is InChI=1S/C39H37F3N2O6S/c1-6-51-37(49)38(3,32-14-10-9-11-28(32)24(2)45)23-50-34(46)22-25-15-20-33(31(21-25)36(48)44(4)5)43-35(47)30-13-8-7-12-29(30)26-16-18-27(19-17-26)39(40,41)42/h7-21H,6,22-23H2,1-5H3,(H,43,47). The van der Waals surface area contributed by atoms with E-state index in [2.05, 4.69) is 5.32 Å². The number of nitrogens with one attached hydrogen (secondary N) is 1. The minimum absolute atomic E-state index is 0.0837. The Labute approximate surface area is 298 Å². The number of ether oxygens (including phenoxy) is 1. The van der Waals surface area contributed by atoms with Gasteiger partial charge in [0.05, 0.1) is 28.7 Å². The molecule has 4 aromatic rings. The lowest BCUT2D eigenvalue weighted by Crippen LogP contribution is -2.38. The van der Waals surface area contributed by atoms with Gasteiger partial charge in [0, 0.05) is 25.2 Å². The summed E-state index contributed by atoms with van der Waals surface area (Å²) in [5.74, 6) is -1.50. The van der Waals surface area contributed by atoms with Crippen molar-refractivity contribution in [2.24, 2.45) is 0 Å². The van der Waals surface area contributed by atoms with Gasteiger partial charge in [-0.05, 0) is 72.2 Å².